The first-order valence-electron chi connectivity index (χ1n) is 21.2. The average molecular weight is 792 g/mol. The number of aromatic nitrogens is 2. The number of phenolic OH excluding ortho intramolecular Hbond substituents is 1. The molecule has 2 bridgehead atoms. The Morgan fingerprint density at radius 2 is 1.65 bits per heavy atom. The second kappa shape index (κ2) is 21.2. The zero-order chi connectivity index (χ0) is 41.9. The molecule has 3 aliphatic rings. The number of aromatic hydroxyl groups is 1. The molecule has 0 amide bonds. The van der Waals surface area contributed by atoms with Crippen LogP contribution in [0.3, 0.4) is 0 Å². The number of phenols is 1. The molecule has 5 atom stereocenters. The average Bonchev–Trinajstić information content (AvgIpc) is 3.67. The summed E-state index contributed by atoms with van der Waals surface area (Å²) in [7, 11) is 0. The highest BCUT2D eigenvalue weighted by Crippen LogP contribution is 2.40. The molecule has 3 saturated heterocycles. The smallest absolute Gasteiger partial charge is 0.157 e. The van der Waals surface area contributed by atoms with Gasteiger partial charge in [0.1, 0.15) is 34.9 Å². The van der Waals surface area contributed by atoms with Crippen molar-refractivity contribution in [3.63, 3.8) is 0 Å². The highest BCUT2D eigenvalue weighted by molar-refractivity contribution is 6.01. The molecule has 7 rings (SSSR count). The molecule has 57 heavy (non-hydrogen) atoms. The number of piperazine rings is 1. The van der Waals surface area contributed by atoms with Crippen LogP contribution in [0.25, 0.3) is 32.8 Å². The molecule has 0 radical (unpaired) electrons. The summed E-state index contributed by atoms with van der Waals surface area (Å²) in [6.45, 7) is 23.5. The highest BCUT2D eigenvalue weighted by Gasteiger charge is 2.41. The van der Waals surface area contributed by atoms with Crippen LogP contribution in [0.15, 0.2) is 55.3 Å². The minimum atomic E-state index is -0.745. The molecule has 314 valence electrons. The van der Waals surface area contributed by atoms with Gasteiger partial charge in [-0.15, -0.1) is 0 Å². The fraction of sp³-hybridized carbons (Fsp3) is 0.574. The molecule has 10 heteroatoms. The lowest BCUT2D eigenvalue weighted by Gasteiger charge is -2.43. The minimum Gasteiger partial charge on any atom is -0.516 e. The van der Waals surface area contributed by atoms with Crippen LogP contribution in [-0.2, 0) is 6.42 Å². The topological polar surface area (TPSA) is 84.8 Å². The lowest BCUT2D eigenvalue weighted by atomic mass is 9.95. The van der Waals surface area contributed by atoms with Gasteiger partial charge in [-0.2, -0.15) is 0 Å². The first-order valence-corrected chi connectivity index (χ1v) is 21.2. The normalized spacial score (nSPS) is 20.9. The Bertz CT molecular complexity index is 1880. The molecule has 3 aliphatic heterocycles. The number of hydrogen-bond donors (Lipinski definition) is 3. The Morgan fingerprint density at radius 3 is 2.26 bits per heavy atom. The van der Waals surface area contributed by atoms with Gasteiger partial charge in [0, 0.05) is 67.1 Å². The van der Waals surface area contributed by atoms with Crippen LogP contribution in [0.5, 0.6) is 5.75 Å². The van der Waals surface area contributed by atoms with E-state index in [2.05, 4.69) is 63.2 Å². The SMILES string of the molecule is C=CO.CC.CC(C)(C)C.CCC(C)CN1C2CCC1CN(c1nc(CCCCCC3CC(F)CN3)nc3c(F)c(-c4cc(O)cc5cccc(F)c45)ccc13)C2. The lowest BCUT2D eigenvalue weighted by molar-refractivity contribution is 0.145. The monoisotopic (exact) mass is 792 g/mol. The standard InChI is InChI=1S/C38H46F3N5O.C5H12.C2H4O.C2H6/c1-3-23(2)20-46-27-12-13-28(46)22-45(21-27)38-31-15-14-30(32-18-29(47)16-24-8-7-10-33(40)35(24)32)36(41)37(31)43-34(44-38)11-6-4-5-9-26-17-25(39)19-42-26;1-5(2,3)4;1-2-3;1-2/h7-8,10,14-16,18,23,25-28,42,47H,3-6,9,11-13,17,19-22H2,1-2H3;1-4H3;2-3H,1H2;1-2H3. The molecule has 3 N–H and O–H groups in total. The Labute approximate surface area is 339 Å². The molecular formula is C47H68F3N5O2. The number of rotatable bonds is 11. The lowest BCUT2D eigenvalue weighted by Crippen LogP contribution is -2.55. The van der Waals surface area contributed by atoms with Gasteiger partial charge in [-0.25, -0.2) is 23.1 Å². The van der Waals surface area contributed by atoms with E-state index in [9.17, 15) is 9.50 Å². The number of alkyl halides is 1. The van der Waals surface area contributed by atoms with E-state index in [0.29, 0.717) is 65.0 Å². The van der Waals surface area contributed by atoms with Gasteiger partial charge >= 0.3 is 0 Å². The predicted molar refractivity (Wildman–Crippen MR) is 232 cm³/mol. The molecule has 7 nitrogen and oxygen atoms in total. The number of hydrogen-bond acceptors (Lipinski definition) is 7. The summed E-state index contributed by atoms with van der Waals surface area (Å²) in [4.78, 5) is 14.9. The number of aliphatic hydroxyl groups excluding tert-OH is 1. The van der Waals surface area contributed by atoms with Crippen molar-refractivity contribution in [2.24, 2.45) is 11.3 Å². The van der Waals surface area contributed by atoms with Crippen LogP contribution in [-0.4, -0.2) is 75.6 Å². The second-order valence-electron chi connectivity index (χ2n) is 17.3. The third kappa shape index (κ3) is 12.3. The number of nitrogens with zero attached hydrogens (tertiary/aromatic N) is 4. The Morgan fingerprint density at radius 1 is 0.982 bits per heavy atom. The molecule has 4 aromatic rings. The van der Waals surface area contributed by atoms with Crippen molar-refractivity contribution in [1.29, 1.82) is 0 Å². The fourth-order valence-electron chi connectivity index (χ4n) is 8.12. The van der Waals surface area contributed by atoms with Gasteiger partial charge in [0.25, 0.3) is 0 Å². The van der Waals surface area contributed by atoms with E-state index >= 15 is 8.78 Å². The van der Waals surface area contributed by atoms with Crippen molar-refractivity contribution < 1.29 is 23.4 Å². The maximum absolute atomic E-state index is 16.8. The maximum Gasteiger partial charge on any atom is 0.157 e. The summed E-state index contributed by atoms with van der Waals surface area (Å²) in [5.74, 6) is 0.960. The zero-order valence-electron chi connectivity index (χ0n) is 35.7. The third-order valence-electron chi connectivity index (χ3n) is 10.8. The first kappa shape index (κ1) is 45.8. The molecular weight excluding hydrogens is 724 g/mol. The van der Waals surface area contributed by atoms with Gasteiger partial charge < -0.3 is 20.4 Å². The van der Waals surface area contributed by atoms with Gasteiger partial charge in [-0.1, -0.05) is 99.4 Å². The molecule has 3 fully saturated rings. The van der Waals surface area contributed by atoms with E-state index in [1.54, 1.807) is 18.2 Å². The molecule has 5 unspecified atom stereocenters. The fourth-order valence-corrected chi connectivity index (χ4v) is 8.12. The van der Waals surface area contributed by atoms with Crippen LogP contribution in [0.4, 0.5) is 19.0 Å². The molecule has 1 aromatic heterocycles. The van der Waals surface area contributed by atoms with Gasteiger partial charge in [0.05, 0.1) is 6.26 Å². The Hall–Kier alpha value is -3.89. The summed E-state index contributed by atoms with van der Waals surface area (Å²) >= 11 is 0. The van der Waals surface area contributed by atoms with Gasteiger partial charge in [-0.3, -0.25) is 4.90 Å². The summed E-state index contributed by atoms with van der Waals surface area (Å²) in [5, 5.41) is 22.5. The van der Waals surface area contributed by atoms with E-state index < -0.39 is 17.8 Å². The molecule has 0 saturated carbocycles. The van der Waals surface area contributed by atoms with Crippen LogP contribution in [0.1, 0.15) is 113 Å². The summed E-state index contributed by atoms with van der Waals surface area (Å²) in [6.07, 6.45) is 8.42. The largest absolute Gasteiger partial charge is 0.516 e. The van der Waals surface area contributed by atoms with Crippen LogP contribution >= 0.6 is 0 Å². The van der Waals surface area contributed by atoms with E-state index in [1.165, 1.54) is 18.2 Å². The predicted octanol–water partition coefficient (Wildman–Crippen LogP) is 11.7. The van der Waals surface area contributed by atoms with Crippen molar-refractivity contribution in [1.82, 2.24) is 20.2 Å². The zero-order valence-corrected chi connectivity index (χ0v) is 35.7. The Balaban J connectivity index is 0.000000652. The first-order chi connectivity index (χ1) is 27.2. The van der Waals surface area contributed by atoms with E-state index in [0.717, 1.165) is 76.7 Å². The molecule has 0 spiro atoms. The summed E-state index contributed by atoms with van der Waals surface area (Å²) < 4.78 is 45.5. The van der Waals surface area contributed by atoms with Crippen molar-refractivity contribution in [3.8, 4) is 16.9 Å². The number of fused-ring (bicyclic) bond motifs is 4. The maximum atomic E-state index is 16.8. The van der Waals surface area contributed by atoms with E-state index in [4.69, 9.17) is 15.1 Å². The van der Waals surface area contributed by atoms with Crippen LogP contribution in [0.2, 0.25) is 0 Å². The Kier molecular flexibility index (Phi) is 17.0. The van der Waals surface area contributed by atoms with Crippen molar-refractivity contribution in [2.75, 3.05) is 31.1 Å². The van der Waals surface area contributed by atoms with Crippen molar-refractivity contribution in [3.05, 3.63) is 72.8 Å². The molecule has 0 aliphatic carbocycles. The number of nitrogens with one attached hydrogen (secondary N) is 1. The molecule has 4 heterocycles. The third-order valence-corrected chi connectivity index (χ3v) is 10.8. The van der Waals surface area contributed by atoms with E-state index in [-0.39, 0.29) is 28.3 Å². The van der Waals surface area contributed by atoms with E-state index in [1.807, 2.05) is 19.9 Å². The summed E-state index contributed by atoms with van der Waals surface area (Å²) in [6, 6.07) is 12.2. The molecule has 3 aromatic carbocycles. The second-order valence-corrected chi connectivity index (χ2v) is 17.3. The highest BCUT2D eigenvalue weighted by atomic mass is 19.1. The number of anilines is 1. The number of aliphatic hydroxyl groups is 1. The number of unbranched alkanes of at least 4 members (excludes halogenated alkanes) is 2. The van der Waals surface area contributed by atoms with Crippen molar-refractivity contribution in [2.45, 2.75) is 137 Å². The van der Waals surface area contributed by atoms with Gasteiger partial charge in [0.2, 0.25) is 0 Å². The number of benzene rings is 3. The van der Waals surface area contributed by atoms with Crippen molar-refractivity contribution >= 4 is 27.5 Å². The number of halogens is 3. The van der Waals surface area contributed by atoms with Gasteiger partial charge in [-0.05, 0) is 78.7 Å². The minimum absolute atomic E-state index is 0.0535. The number of aryl methyl sites for hydroxylation is 1. The summed E-state index contributed by atoms with van der Waals surface area (Å²) in [5.41, 5.74) is 1.23. The van der Waals surface area contributed by atoms with Gasteiger partial charge in [0.15, 0.2) is 5.82 Å². The van der Waals surface area contributed by atoms with Crippen LogP contribution < -0.4 is 10.2 Å². The van der Waals surface area contributed by atoms with Crippen LogP contribution in [0, 0.1) is 23.0 Å². The quantitative estimate of drug-likeness (QED) is 0.103.